The van der Waals surface area contributed by atoms with Crippen molar-refractivity contribution >= 4 is 18.5 Å². The summed E-state index contributed by atoms with van der Waals surface area (Å²) in [6.45, 7) is 3.17. The van der Waals surface area contributed by atoms with Gasteiger partial charge >= 0.3 is 0 Å². The summed E-state index contributed by atoms with van der Waals surface area (Å²) in [6, 6.07) is 5.08. The number of benzene rings is 1. The highest BCUT2D eigenvalue weighted by Crippen LogP contribution is 2.25. The largest absolute Gasteiger partial charge is 0.336 e. The fourth-order valence-electron chi connectivity index (χ4n) is 3.41. The quantitative estimate of drug-likeness (QED) is 0.849. The Morgan fingerprint density at radius 1 is 1.14 bits per heavy atom. The SMILES string of the molecule is O=C(c1cc(S)ccc1F)N1CCN(C2CCCC2)CC1. The number of carbonyl (C=O) groups is 1. The summed E-state index contributed by atoms with van der Waals surface area (Å²) < 4.78 is 13.8. The summed E-state index contributed by atoms with van der Waals surface area (Å²) >= 11 is 4.19. The molecule has 114 valence electrons. The van der Waals surface area contributed by atoms with Crippen molar-refractivity contribution in [2.24, 2.45) is 0 Å². The summed E-state index contributed by atoms with van der Waals surface area (Å²) in [4.78, 5) is 17.3. The maximum Gasteiger partial charge on any atom is 0.256 e. The molecule has 3 nitrogen and oxygen atoms in total. The van der Waals surface area contributed by atoms with Gasteiger partial charge in [0.25, 0.3) is 5.91 Å². The molecule has 0 spiro atoms. The maximum atomic E-state index is 13.8. The van der Waals surface area contributed by atoms with Crippen molar-refractivity contribution in [3.63, 3.8) is 0 Å². The average molecular weight is 308 g/mol. The minimum absolute atomic E-state index is 0.136. The van der Waals surface area contributed by atoms with E-state index in [1.165, 1.54) is 37.8 Å². The molecule has 1 heterocycles. The molecule has 0 unspecified atom stereocenters. The van der Waals surface area contributed by atoms with Gasteiger partial charge in [-0.05, 0) is 31.0 Å². The second-order valence-electron chi connectivity index (χ2n) is 5.93. The van der Waals surface area contributed by atoms with E-state index in [0.717, 1.165) is 13.1 Å². The Kier molecular flexibility index (Phi) is 4.50. The zero-order valence-electron chi connectivity index (χ0n) is 12.1. The number of halogens is 1. The smallest absolute Gasteiger partial charge is 0.256 e. The summed E-state index contributed by atoms with van der Waals surface area (Å²) in [7, 11) is 0. The van der Waals surface area contributed by atoms with E-state index in [1.807, 2.05) is 0 Å². The van der Waals surface area contributed by atoms with Crippen LogP contribution in [0.3, 0.4) is 0 Å². The maximum absolute atomic E-state index is 13.8. The summed E-state index contributed by atoms with van der Waals surface area (Å²) in [5, 5.41) is 0. The lowest BCUT2D eigenvalue weighted by Gasteiger charge is -2.38. The van der Waals surface area contributed by atoms with E-state index in [9.17, 15) is 9.18 Å². The van der Waals surface area contributed by atoms with Crippen LogP contribution in [0, 0.1) is 5.82 Å². The fourth-order valence-corrected chi connectivity index (χ4v) is 3.61. The van der Waals surface area contributed by atoms with E-state index >= 15 is 0 Å². The van der Waals surface area contributed by atoms with Crippen molar-refractivity contribution in [2.75, 3.05) is 26.2 Å². The van der Waals surface area contributed by atoms with Crippen molar-refractivity contribution in [1.29, 1.82) is 0 Å². The highest BCUT2D eigenvalue weighted by atomic mass is 32.1. The second-order valence-corrected chi connectivity index (χ2v) is 6.45. The Bertz CT molecular complexity index is 523. The molecule has 0 N–H and O–H groups in total. The molecule has 1 aromatic rings. The van der Waals surface area contributed by atoms with E-state index in [2.05, 4.69) is 17.5 Å². The van der Waals surface area contributed by atoms with Gasteiger partial charge in [-0.25, -0.2) is 4.39 Å². The molecular weight excluding hydrogens is 287 g/mol. The van der Waals surface area contributed by atoms with Gasteiger partial charge in [0, 0.05) is 37.1 Å². The van der Waals surface area contributed by atoms with Crippen LogP contribution in [0.4, 0.5) is 4.39 Å². The van der Waals surface area contributed by atoms with Crippen LogP contribution in [0.2, 0.25) is 0 Å². The standard InChI is InChI=1S/C16H21FN2OS/c17-15-6-5-13(21)11-14(15)16(20)19-9-7-18(8-10-19)12-3-1-2-4-12/h5-6,11-12,21H,1-4,7-10H2. The first-order valence-corrected chi connectivity index (χ1v) is 8.12. The van der Waals surface area contributed by atoms with Crippen molar-refractivity contribution in [1.82, 2.24) is 9.80 Å². The Balaban J connectivity index is 1.63. The molecule has 0 radical (unpaired) electrons. The van der Waals surface area contributed by atoms with Gasteiger partial charge < -0.3 is 4.90 Å². The van der Waals surface area contributed by atoms with Crippen LogP contribution < -0.4 is 0 Å². The van der Waals surface area contributed by atoms with Crippen molar-refractivity contribution < 1.29 is 9.18 Å². The van der Waals surface area contributed by atoms with Crippen molar-refractivity contribution in [2.45, 2.75) is 36.6 Å². The summed E-state index contributed by atoms with van der Waals surface area (Å²) in [5.74, 6) is -0.675. The summed E-state index contributed by atoms with van der Waals surface area (Å²) in [6.07, 6.45) is 5.21. The van der Waals surface area contributed by atoms with Crippen LogP contribution >= 0.6 is 12.6 Å². The second kappa shape index (κ2) is 6.36. The zero-order valence-corrected chi connectivity index (χ0v) is 13.0. The number of hydrogen-bond acceptors (Lipinski definition) is 3. The minimum Gasteiger partial charge on any atom is -0.336 e. The molecule has 0 aromatic heterocycles. The average Bonchev–Trinajstić information content (AvgIpc) is 3.03. The molecule has 2 fully saturated rings. The number of nitrogens with zero attached hydrogens (tertiary/aromatic N) is 2. The van der Waals surface area contributed by atoms with Crippen LogP contribution in [0.25, 0.3) is 0 Å². The Morgan fingerprint density at radius 3 is 2.48 bits per heavy atom. The molecule has 21 heavy (non-hydrogen) atoms. The van der Waals surface area contributed by atoms with Crippen LogP contribution in [0.1, 0.15) is 36.0 Å². The molecule has 1 saturated heterocycles. The Morgan fingerprint density at radius 2 is 1.81 bits per heavy atom. The lowest BCUT2D eigenvalue weighted by Crippen LogP contribution is -2.51. The lowest BCUT2D eigenvalue weighted by atomic mass is 10.1. The van der Waals surface area contributed by atoms with Gasteiger partial charge in [0.1, 0.15) is 5.82 Å². The monoisotopic (exact) mass is 308 g/mol. The molecule has 1 aromatic carbocycles. The van der Waals surface area contributed by atoms with Crippen molar-refractivity contribution in [3.8, 4) is 0 Å². The van der Waals surface area contributed by atoms with Crippen molar-refractivity contribution in [3.05, 3.63) is 29.6 Å². The molecule has 0 bridgehead atoms. The van der Waals surface area contributed by atoms with Crippen LogP contribution in [0.5, 0.6) is 0 Å². The first-order chi connectivity index (χ1) is 10.1. The lowest BCUT2D eigenvalue weighted by molar-refractivity contribution is 0.0569. The molecule has 0 atom stereocenters. The number of rotatable bonds is 2. The molecule has 1 saturated carbocycles. The molecule has 1 aliphatic carbocycles. The van der Waals surface area contributed by atoms with E-state index in [0.29, 0.717) is 24.0 Å². The van der Waals surface area contributed by atoms with Gasteiger partial charge in [-0.15, -0.1) is 12.6 Å². The van der Waals surface area contributed by atoms with Gasteiger partial charge in [-0.2, -0.15) is 0 Å². The Labute approximate surface area is 130 Å². The predicted octanol–water partition coefficient (Wildman–Crippen LogP) is 2.81. The van der Waals surface area contributed by atoms with Gasteiger partial charge in [-0.3, -0.25) is 9.69 Å². The molecule has 1 amide bonds. The molecule has 2 aliphatic rings. The topological polar surface area (TPSA) is 23.6 Å². The Hall–Kier alpha value is -1.07. The number of hydrogen-bond donors (Lipinski definition) is 1. The van der Waals surface area contributed by atoms with Gasteiger partial charge in [0.05, 0.1) is 5.56 Å². The van der Waals surface area contributed by atoms with Gasteiger partial charge in [0.2, 0.25) is 0 Å². The normalized spacial score (nSPS) is 21.0. The van der Waals surface area contributed by atoms with Crippen LogP contribution in [0.15, 0.2) is 23.1 Å². The van der Waals surface area contributed by atoms with E-state index in [1.54, 1.807) is 11.0 Å². The third-order valence-corrected chi connectivity index (χ3v) is 4.90. The summed E-state index contributed by atoms with van der Waals surface area (Å²) in [5.41, 5.74) is 0.136. The third kappa shape index (κ3) is 3.24. The first-order valence-electron chi connectivity index (χ1n) is 7.67. The number of thiol groups is 1. The first kappa shape index (κ1) is 14.9. The predicted molar refractivity (Wildman–Crippen MR) is 83.4 cm³/mol. The third-order valence-electron chi connectivity index (χ3n) is 4.62. The van der Waals surface area contributed by atoms with E-state index < -0.39 is 5.82 Å². The van der Waals surface area contributed by atoms with Gasteiger partial charge in [0.15, 0.2) is 0 Å². The molecular formula is C16H21FN2OS. The molecule has 3 rings (SSSR count). The van der Waals surface area contributed by atoms with Crippen LogP contribution in [-0.2, 0) is 0 Å². The highest BCUT2D eigenvalue weighted by Gasteiger charge is 2.29. The zero-order chi connectivity index (χ0) is 14.8. The number of carbonyl (C=O) groups excluding carboxylic acids is 1. The number of piperazine rings is 1. The molecule has 5 heteroatoms. The van der Waals surface area contributed by atoms with E-state index in [-0.39, 0.29) is 11.5 Å². The molecule has 1 aliphatic heterocycles. The fraction of sp³-hybridized carbons (Fsp3) is 0.562. The van der Waals surface area contributed by atoms with Crippen LogP contribution in [-0.4, -0.2) is 47.9 Å². The minimum atomic E-state index is -0.462. The van der Waals surface area contributed by atoms with Gasteiger partial charge in [-0.1, -0.05) is 12.8 Å². The highest BCUT2D eigenvalue weighted by molar-refractivity contribution is 7.80. The van der Waals surface area contributed by atoms with E-state index in [4.69, 9.17) is 0 Å². The number of amides is 1.